The van der Waals surface area contributed by atoms with E-state index in [2.05, 4.69) is 5.32 Å². The van der Waals surface area contributed by atoms with E-state index in [1.807, 2.05) is 0 Å². The standard InChI is InChI=1S/C8H13NO4S/c1-5(10)9-7(8(12)13)3-4-14-6(2)11/h7H,3-4H2,1-2H3,(H,9,10)(H,12,13)/t7-/m0/s1. The van der Waals surface area contributed by atoms with E-state index >= 15 is 0 Å². The highest BCUT2D eigenvalue weighted by Gasteiger charge is 2.17. The molecule has 5 nitrogen and oxygen atoms in total. The van der Waals surface area contributed by atoms with E-state index in [0.717, 1.165) is 11.8 Å². The van der Waals surface area contributed by atoms with Crippen LogP contribution in [0.15, 0.2) is 0 Å². The molecule has 0 rings (SSSR count). The summed E-state index contributed by atoms with van der Waals surface area (Å²) in [6.45, 7) is 2.67. The molecule has 0 aromatic heterocycles. The molecule has 0 aliphatic rings. The minimum atomic E-state index is -1.08. The Bertz CT molecular complexity index is 241. The monoisotopic (exact) mass is 219 g/mol. The molecule has 14 heavy (non-hydrogen) atoms. The molecule has 0 heterocycles. The number of carbonyl (C=O) groups is 3. The number of hydrogen-bond acceptors (Lipinski definition) is 4. The van der Waals surface area contributed by atoms with Crippen molar-refractivity contribution in [1.29, 1.82) is 0 Å². The van der Waals surface area contributed by atoms with Gasteiger partial charge in [-0.2, -0.15) is 0 Å². The van der Waals surface area contributed by atoms with Gasteiger partial charge in [0.25, 0.3) is 0 Å². The van der Waals surface area contributed by atoms with Crippen LogP contribution in [0.5, 0.6) is 0 Å². The number of amides is 1. The molecular formula is C8H13NO4S. The fraction of sp³-hybridized carbons (Fsp3) is 0.625. The van der Waals surface area contributed by atoms with Crippen LogP contribution in [-0.4, -0.2) is 33.9 Å². The molecular weight excluding hydrogens is 206 g/mol. The molecule has 0 radical (unpaired) electrons. The highest BCUT2D eigenvalue weighted by Crippen LogP contribution is 2.05. The van der Waals surface area contributed by atoms with Crippen molar-refractivity contribution < 1.29 is 19.5 Å². The molecule has 0 unspecified atom stereocenters. The van der Waals surface area contributed by atoms with Crippen LogP contribution in [-0.2, 0) is 14.4 Å². The average Bonchev–Trinajstić information content (AvgIpc) is 2.00. The first-order valence-electron chi connectivity index (χ1n) is 4.06. The summed E-state index contributed by atoms with van der Waals surface area (Å²) in [5.41, 5.74) is 0. The van der Waals surface area contributed by atoms with Crippen molar-refractivity contribution >= 4 is 28.8 Å². The second-order valence-electron chi connectivity index (χ2n) is 2.72. The highest BCUT2D eigenvalue weighted by molar-refractivity contribution is 8.13. The van der Waals surface area contributed by atoms with Crippen LogP contribution < -0.4 is 5.32 Å². The molecule has 80 valence electrons. The van der Waals surface area contributed by atoms with Crippen molar-refractivity contribution in [3.63, 3.8) is 0 Å². The van der Waals surface area contributed by atoms with E-state index in [0.29, 0.717) is 5.75 Å². The molecule has 0 aliphatic heterocycles. The predicted octanol–water partition coefficient (Wildman–Crippen LogP) is 0.245. The first-order valence-corrected chi connectivity index (χ1v) is 5.05. The molecule has 0 aromatic carbocycles. The lowest BCUT2D eigenvalue weighted by Gasteiger charge is -2.11. The van der Waals surface area contributed by atoms with Crippen molar-refractivity contribution in [2.75, 3.05) is 5.75 Å². The Labute approximate surface area is 86.2 Å². The first-order chi connectivity index (χ1) is 6.43. The predicted molar refractivity (Wildman–Crippen MR) is 53.0 cm³/mol. The Morgan fingerprint density at radius 2 is 1.93 bits per heavy atom. The number of hydrogen-bond donors (Lipinski definition) is 2. The third-order valence-electron chi connectivity index (χ3n) is 1.39. The molecule has 0 saturated heterocycles. The van der Waals surface area contributed by atoms with Gasteiger partial charge in [-0.05, 0) is 6.42 Å². The lowest BCUT2D eigenvalue weighted by Crippen LogP contribution is -2.39. The van der Waals surface area contributed by atoms with E-state index in [1.54, 1.807) is 0 Å². The topological polar surface area (TPSA) is 83.5 Å². The number of carboxylic acids is 1. The summed E-state index contributed by atoms with van der Waals surface area (Å²) in [5.74, 6) is -1.07. The number of aliphatic carboxylic acids is 1. The maximum absolute atomic E-state index is 10.6. The zero-order valence-electron chi connectivity index (χ0n) is 8.07. The third-order valence-corrected chi connectivity index (χ3v) is 2.23. The maximum Gasteiger partial charge on any atom is 0.326 e. The molecule has 0 fully saturated rings. The second kappa shape index (κ2) is 6.42. The maximum atomic E-state index is 10.6. The van der Waals surface area contributed by atoms with Crippen LogP contribution in [0, 0.1) is 0 Å². The largest absolute Gasteiger partial charge is 0.480 e. The molecule has 0 aromatic rings. The number of carboxylic acid groups (broad SMARTS) is 1. The van der Waals surface area contributed by atoms with Crippen molar-refractivity contribution in [3.8, 4) is 0 Å². The normalized spacial score (nSPS) is 11.9. The lowest BCUT2D eigenvalue weighted by atomic mass is 10.2. The summed E-state index contributed by atoms with van der Waals surface area (Å²) in [5, 5.41) is 10.9. The van der Waals surface area contributed by atoms with Gasteiger partial charge >= 0.3 is 5.97 Å². The molecule has 2 N–H and O–H groups in total. The quantitative estimate of drug-likeness (QED) is 0.692. The SMILES string of the molecule is CC(=O)N[C@@H](CCSC(C)=O)C(=O)O. The molecule has 0 bridgehead atoms. The summed E-state index contributed by atoms with van der Waals surface area (Å²) in [7, 11) is 0. The number of rotatable bonds is 5. The van der Waals surface area contributed by atoms with Crippen LogP contribution in [0.4, 0.5) is 0 Å². The number of nitrogens with one attached hydrogen (secondary N) is 1. The number of thioether (sulfide) groups is 1. The van der Waals surface area contributed by atoms with E-state index in [4.69, 9.17) is 5.11 Å². The summed E-state index contributed by atoms with van der Waals surface area (Å²) in [6, 6.07) is -0.903. The van der Waals surface area contributed by atoms with Crippen molar-refractivity contribution in [2.45, 2.75) is 26.3 Å². The molecule has 1 amide bonds. The number of carbonyl (C=O) groups excluding carboxylic acids is 2. The van der Waals surface area contributed by atoms with Gasteiger partial charge in [-0.25, -0.2) is 4.79 Å². The van der Waals surface area contributed by atoms with Gasteiger partial charge < -0.3 is 10.4 Å². The summed E-state index contributed by atoms with van der Waals surface area (Å²) >= 11 is 1.05. The Balaban J connectivity index is 3.91. The van der Waals surface area contributed by atoms with Gasteiger partial charge in [0.2, 0.25) is 5.91 Å². The van der Waals surface area contributed by atoms with Gasteiger partial charge in [0.15, 0.2) is 5.12 Å². The molecule has 0 spiro atoms. The van der Waals surface area contributed by atoms with Crippen LogP contribution >= 0.6 is 11.8 Å². The molecule has 1 atom stereocenters. The Morgan fingerprint density at radius 1 is 1.36 bits per heavy atom. The van der Waals surface area contributed by atoms with Crippen LogP contribution in [0.3, 0.4) is 0 Å². The van der Waals surface area contributed by atoms with Gasteiger partial charge in [-0.1, -0.05) is 11.8 Å². The molecule has 0 aliphatic carbocycles. The van der Waals surface area contributed by atoms with Crippen LogP contribution in [0.2, 0.25) is 0 Å². The van der Waals surface area contributed by atoms with Gasteiger partial charge in [0, 0.05) is 19.6 Å². The molecule has 6 heteroatoms. The van der Waals surface area contributed by atoms with Crippen molar-refractivity contribution in [2.24, 2.45) is 0 Å². The lowest BCUT2D eigenvalue weighted by molar-refractivity contribution is -0.141. The van der Waals surface area contributed by atoms with Crippen molar-refractivity contribution in [3.05, 3.63) is 0 Å². The smallest absolute Gasteiger partial charge is 0.326 e. The summed E-state index contributed by atoms with van der Waals surface area (Å²) in [6.07, 6.45) is 0.249. The van der Waals surface area contributed by atoms with E-state index in [-0.39, 0.29) is 17.4 Å². The summed E-state index contributed by atoms with van der Waals surface area (Å²) in [4.78, 5) is 31.8. The zero-order valence-corrected chi connectivity index (χ0v) is 8.89. The van der Waals surface area contributed by atoms with Gasteiger partial charge in [-0.3, -0.25) is 9.59 Å². The first kappa shape index (κ1) is 13.0. The second-order valence-corrected chi connectivity index (χ2v) is 3.99. The Kier molecular flexibility index (Phi) is 5.94. The van der Waals surface area contributed by atoms with Crippen molar-refractivity contribution in [1.82, 2.24) is 5.32 Å². The zero-order chi connectivity index (χ0) is 11.1. The fourth-order valence-corrected chi connectivity index (χ4v) is 1.46. The van der Waals surface area contributed by atoms with Crippen LogP contribution in [0.1, 0.15) is 20.3 Å². The van der Waals surface area contributed by atoms with Crippen LogP contribution in [0.25, 0.3) is 0 Å². The summed E-state index contributed by atoms with van der Waals surface area (Å²) < 4.78 is 0. The fourth-order valence-electron chi connectivity index (χ4n) is 0.823. The van der Waals surface area contributed by atoms with E-state index in [1.165, 1.54) is 13.8 Å². The third kappa shape index (κ3) is 6.47. The minimum Gasteiger partial charge on any atom is -0.480 e. The average molecular weight is 219 g/mol. The minimum absolute atomic E-state index is 0.0584. The van der Waals surface area contributed by atoms with E-state index < -0.39 is 12.0 Å². The Morgan fingerprint density at radius 3 is 2.29 bits per heavy atom. The Hall–Kier alpha value is -1.04. The molecule has 0 saturated carbocycles. The van der Waals surface area contributed by atoms with Gasteiger partial charge in [0.1, 0.15) is 6.04 Å². The van der Waals surface area contributed by atoms with Gasteiger partial charge in [0.05, 0.1) is 0 Å². The van der Waals surface area contributed by atoms with Gasteiger partial charge in [-0.15, -0.1) is 0 Å². The highest BCUT2D eigenvalue weighted by atomic mass is 32.2. The van der Waals surface area contributed by atoms with E-state index in [9.17, 15) is 14.4 Å².